The van der Waals surface area contributed by atoms with Gasteiger partial charge in [-0.25, -0.2) is 4.98 Å². The molecule has 1 aromatic heterocycles. The Labute approximate surface area is 174 Å². The zero-order chi connectivity index (χ0) is 20.4. The molecule has 0 aliphatic heterocycles. The van der Waals surface area contributed by atoms with Gasteiger partial charge in [-0.1, -0.05) is 37.3 Å². The first-order valence-corrected chi connectivity index (χ1v) is 10.6. The number of aryl methyl sites for hydroxylation is 2. The van der Waals surface area contributed by atoms with E-state index in [1.165, 1.54) is 16.9 Å². The van der Waals surface area contributed by atoms with Crippen LogP contribution < -0.4 is 10.6 Å². The van der Waals surface area contributed by atoms with Gasteiger partial charge in [-0.05, 0) is 49.9 Å². The van der Waals surface area contributed by atoms with Crippen molar-refractivity contribution in [3.63, 3.8) is 0 Å². The van der Waals surface area contributed by atoms with Gasteiger partial charge in [-0.15, -0.1) is 11.3 Å². The van der Waals surface area contributed by atoms with Gasteiger partial charge in [0.15, 0.2) is 0 Å². The van der Waals surface area contributed by atoms with Crippen molar-refractivity contribution < 1.29 is 9.59 Å². The topological polar surface area (TPSA) is 71.1 Å². The maximum absolute atomic E-state index is 12.8. The van der Waals surface area contributed by atoms with E-state index in [9.17, 15) is 9.59 Å². The molecule has 4 rings (SSSR count). The van der Waals surface area contributed by atoms with Crippen LogP contribution in [0, 0.1) is 6.92 Å². The average Bonchev–Trinajstić information content (AvgIpc) is 3.46. The second-order valence-corrected chi connectivity index (χ2v) is 8.27. The van der Waals surface area contributed by atoms with Crippen LogP contribution in [0.15, 0.2) is 48.5 Å². The standard InChI is InChI=1S/C23H23N3O2S/c1-3-15-7-9-16(10-8-15)23-24-14(2)20(29-23)22(28)26-19-6-4-5-17(13-19)21(27)25-18-11-12-18/h4-10,13,18H,3,11-12H2,1-2H3,(H,25,27)(H,26,28). The number of rotatable bonds is 6. The lowest BCUT2D eigenvalue weighted by Gasteiger charge is -2.07. The smallest absolute Gasteiger partial charge is 0.267 e. The fraction of sp³-hybridized carbons (Fsp3) is 0.261. The van der Waals surface area contributed by atoms with Crippen molar-refractivity contribution in [2.45, 2.75) is 39.2 Å². The van der Waals surface area contributed by atoms with Crippen molar-refractivity contribution in [3.8, 4) is 10.6 Å². The minimum Gasteiger partial charge on any atom is -0.349 e. The summed E-state index contributed by atoms with van der Waals surface area (Å²) >= 11 is 1.38. The lowest BCUT2D eigenvalue weighted by Crippen LogP contribution is -2.25. The van der Waals surface area contributed by atoms with Gasteiger partial charge in [0.05, 0.1) is 5.69 Å². The zero-order valence-corrected chi connectivity index (χ0v) is 17.3. The summed E-state index contributed by atoms with van der Waals surface area (Å²) < 4.78 is 0. The Morgan fingerprint density at radius 1 is 1.10 bits per heavy atom. The van der Waals surface area contributed by atoms with Gasteiger partial charge in [-0.2, -0.15) is 0 Å². The normalized spacial score (nSPS) is 13.2. The molecule has 3 aromatic rings. The summed E-state index contributed by atoms with van der Waals surface area (Å²) in [6.45, 7) is 3.96. The zero-order valence-electron chi connectivity index (χ0n) is 16.5. The molecule has 1 aliphatic rings. The number of aromatic nitrogens is 1. The molecule has 0 atom stereocenters. The highest BCUT2D eigenvalue weighted by Crippen LogP contribution is 2.29. The molecule has 2 aromatic carbocycles. The van der Waals surface area contributed by atoms with Gasteiger partial charge >= 0.3 is 0 Å². The third kappa shape index (κ3) is 4.54. The van der Waals surface area contributed by atoms with Crippen LogP contribution in [0.5, 0.6) is 0 Å². The molecule has 148 valence electrons. The molecule has 0 bridgehead atoms. The summed E-state index contributed by atoms with van der Waals surface area (Å²) in [6, 6.07) is 15.6. The first kappa shape index (κ1) is 19.3. The Kier molecular flexibility index (Phi) is 5.45. The highest BCUT2D eigenvalue weighted by Gasteiger charge is 2.24. The van der Waals surface area contributed by atoms with E-state index in [-0.39, 0.29) is 11.8 Å². The minimum atomic E-state index is -0.212. The third-order valence-electron chi connectivity index (χ3n) is 4.91. The maximum Gasteiger partial charge on any atom is 0.267 e. The molecular weight excluding hydrogens is 382 g/mol. The van der Waals surface area contributed by atoms with Crippen molar-refractivity contribution in [2.24, 2.45) is 0 Å². The summed E-state index contributed by atoms with van der Waals surface area (Å²) in [6.07, 6.45) is 3.06. The molecule has 2 N–H and O–H groups in total. The Hall–Kier alpha value is -2.99. The molecule has 5 nitrogen and oxygen atoms in total. The van der Waals surface area contributed by atoms with Crippen molar-refractivity contribution in [3.05, 3.63) is 70.2 Å². The molecule has 0 spiro atoms. The van der Waals surface area contributed by atoms with Crippen LogP contribution in [0.25, 0.3) is 10.6 Å². The van der Waals surface area contributed by atoms with Crippen molar-refractivity contribution in [2.75, 3.05) is 5.32 Å². The number of carbonyl (C=O) groups excluding carboxylic acids is 2. The van der Waals surface area contributed by atoms with Crippen molar-refractivity contribution in [1.82, 2.24) is 10.3 Å². The number of hydrogen-bond donors (Lipinski definition) is 2. The Morgan fingerprint density at radius 2 is 1.86 bits per heavy atom. The van der Waals surface area contributed by atoms with Gasteiger partial charge in [-0.3, -0.25) is 9.59 Å². The summed E-state index contributed by atoms with van der Waals surface area (Å²) in [4.78, 5) is 30.2. The van der Waals surface area contributed by atoms with E-state index >= 15 is 0 Å². The van der Waals surface area contributed by atoms with Gasteiger partial charge in [0.2, 0.25) is 0 Å². The molecule has 0 saturated heterocycles. The fourth-order valence-electron chi connectivity index (χ4n) is 3.04. The molecule has 0 unspecified atom stereocenters. The molecule has 1 heterocycles. The second kappa shape index (κ2) is 8.17. The van der Waals surface area contributed by atoms with E-state index in [2.05, 4.69) is 34.7 Å². The number of hydrogen-bond acceptors (Lipinski definition) is 4. The summed E-state index contributed by atoms with van der Waals surface area (Å²) in [5.41, 5.74) is 4.12. The van der Waals surface area contributed by atoms with Gasteiger partial charge < -0.3 is 10.6 Å². The van der Waals surface area contributed by atoms with E-state index < -0.39 is 0 Å². The fourth-order valence-corrected chi connectivity index (χ4v) is 4.00. The SMILES string of the molecule is CCc1ccc(-c2nc(C)c(C(=O)Nc3cccc(C(=O)NC4CC4)c3)s2)cc1. The first-order chi connectivity index (χ1) is 14.0. The van der Waals surface area contributed by atoms with Gasteiger partial charge in [0, 0.05) is 22.9 Å². The van der Waals surface area contributed by atoms with Crippen LogP contribution >= 0.6 is 11.3 Å². The summed E-state index contributed by atoms with van der Waals surface area (Å²) in [7, 11) is 0. The molecule has 29 heavy (non-hydrogen) atoms. The molecule has 1 saturated carbocycles. The van der Waals surface area contributed by atoms with E-state index in [1.807, 2.05) is 19.1 Å². The lowest BCUT2D eigenvalue weighted by atomic mass is 10.1. The average molecular weight is 406 g/mol. The highest BCUT2D eigenvalue weighted by molar-refractivity contribution is 7.17. The van der Waals surface area contributed by atoms with Crippen molar-refractivity contribution >= 4 is 28.8 Å². The lowest BCUT2D eigenvalue weighted by molar-refractivity contribution is 0.0949. The molecule has 1 aliphatic carbocycles. The number of anilines is 1. The third-order valence-corrected chi connectivity index (χ3v) is 6.11. The van der Waals surface area contributed by atoms with Crippen LogP contribution in [0.2, 0.25) is 0 Å². The molecule has 2 amide bonds. The van der Waals surface area contributed by atoms with Crippen LogP contribution in [-0.2, 0) is 6.42 Å². The van der Waals surface area contributed by atoms with E-state index in [0.717, 1.165) is 29.8 Å². The summed E-state index contributed by atoms with van der Waals surface area (Å²) in [5.74, 6) is -0.313. The Balaban J connectivity index is 1.49. The van der Waals surface area contributed by atoms with Crippen LogP contribution in [-0.4, -0.2) is 22.8 Å². The van der Waals surface area contributed by atoms with Gasteiger partial charge in [0.1, 0.15) is 9.88 Å². The monoisotopic (exact) mass is 405 g/mol. The summed E-state index contributed by atoms with van der Waals surface area (Å²) in [5, 5.41) is 6.69. The predicted octanol–water partition coefficient (Wildman–Crippen LogP) is 4.83. The molecule has 1 fully saturated rings. The number of carbonyl (C=O) groups is 2. The van der Waals surface area contributed by atoms with E-state index in [1.54, 1.807) is 24.3 Å². The van der Waals surface area contributed by atoms with Crippen LogP contribution in [0.1, 0.15) is 51.1 Å². The molecule has 6 heteroatoms. The minimum absolute atomic E-state index is 0.101. The van der Waals surface area contributed by atoms with E-state index in [0.29, 0.717) is 27.9 Å². The predicted molar refractivity (Wildman–Crippen MR) is 117 cm³/mol. The van der Waals surface area contributed by atoms with E-state index in [4.69, 9.17) is 0 Å². The molecular formula is C23H23N3O2S. The maximum atomic E-state index is 12.8. The highest BCUT2D eigenvalue weighted by atomic mass is 32.1. The number of thiazole rings is 1. The number of benzene rings is 2. The number of nitrogens with zero attached hydrogens (tertiary/aromatic N) is 1. The van der Waals surface area contributed by atoms with Crippen molar-refractivity contribution in [1.29, 1.82) is 0 Å². The quantitative estimate of drug-likeness (QED) is 0.617. The first-order valence-electron chi connectivity index (χ1n) is 9.82. The Bertz CT molecular complexity index is 1050. The Morgan fingerprint density at radius 3 is 2.55 bits per heavy atom. The molecule has 0 radical (unpaired) electrons. The van der Waals surface area contributed by atoms with Crippen LogP contribution in [0.3, 0.4) is 0 Å². The number of nitrogens with one attached hydrogen (secondary N) is 2. The van der Waals surface area contributed by atoms with Gasteiger partial charge in [0.25, 0.3) is 11.8 Å². The second-order valence-electron chi connectivity index (χ2n) is 7.27. The van der Waals surface area contributed by atoms with Crippen LogP contribution in [0.4, 0.5) is 5.69 Å². The number of amides is 2. The largest absolute Gasteiger partial charge is 0.349 e.